The van der Waals surface area contributed by atoms with Crippen LogP contribution < -0.4 is 0 Å². The molecule has 0 saturated carbocycles. The van der Waals surface area contributed by atoms with Crippen LogP contribution in [0.25, 0.3) is 0 Å². The van der Waals surface area contributed by atoms with E-state index in [1.807, 2.05) is 0 Å². The van der Waals surface area contributed by atoms with Crippen LogP contribution in [0, 0.1) is 5.41 Å². The highest BCUT2D eigenvalue weighted by Crippen LogP contribution is 2.44. The first-order chi connectivity index (χ1) is 8.53. The number of rotatable bonds is 4. The Morgan fingerprint density at radius 3 is 2.05 bits per heavy atom. The molecule has 1 fully saturated rings. The van der Waals surface area contributed by atoms with Crippen molar-refractivity contribution in [2.45, 2.75) is 31.8 Å². The minimum atomic E-state index is -5.37. The fourth-order valence-electron chi connectivity index (χ4n) is 1.67. The predicted octanol–water partition coefficient (Wildman–Crippen LogP) is 3.73. The van der Waals surface area contributed by atoms with Crippen LogP contribution in [0.5, 0.6) is 0 Å². The normalized spacial score (nSPS) is 21.8. The van der Waals surface area contributed by atoms with Crippen molar-refractivity contribution in [1.29, 1.82) is 0 Å². The van der Waals surface area contributed by atoms with E-state index >= 15 is 0 Å². The molecule has 0 radical (unpaired) electrons. The minimum Gasteiger partial charge on any atom is -0.485 e. The van der Waals surface area contributed by atoms with Crippen molar-refractivity contribution in [2.75, 3.05) is 13.2 Å². The zero-order valence-electron chi connectivity index (χ0n) is 9.74. The molecule has 1 aliphatic rings. The molecule has 0 aliphatic carbocycles. The van der Waals surface area contributed by atoms with E-state index in [9.17, 15) is 30.7 Å². The number of alkyl halides is 6. The highest BCUT2D eigenvalue weighted by molar-refractivity contribution is 5.00. The quantitative estimate of drug-likeness (QED) is 0.581. The summed E-state index contributed by atoms with van der Waals surface area (Å²) in [5.41, 5.74) is -1.47. The molecule has 1 saturated heterocycles. The van der Waals surface area contributed by atoms with E-state index in [2.05, 4.69) is 9.47 Å². The molecule has 9 heteroatoms. The van der Waals surface area contributed by atoms with E-state index in [1.54, 1.807) is 0 Å². The number of hydrogen-bond acceptors (Lipinski definition) is 2. The van der Waals surface area contributed by atoms with Crippen LogP contribution in [0.1, 0.15) is 13.3 Å². The summed E-state index contributed by atoms with van der Waals surface area (Å²) in [6.07, 6.45) is -13.4. The molecule has 0 aromatic carbocycles. The highest BCUT2D eigenvalue weighted by atomic mass is 19.4. The lowest BCUT2D eigenvalue weighted by Crippen LogP contribution is -2.57. The lowest BCUT2D eigenvalue weighted by Gasteiger charge is -2.46. The van der Waals surface area contributed by atoms with Crippen LogP contribution >= 0.6 is 0 Å². The van der Waals surface area contributed by atoms with Gasteiger partial charge in [0, 0.05) is 0 Å². The fourth-order valence-corrected chi connectivity index (χ4v) is 1.67. The Bertz CT molecular complexity index is 335. The monoisotopic (exact) mass is 296 g/mol. The minimum absolute atomic E-state index is 0.0152. The first-order valence-electron chi connectivity index (χ1n) is 5.26. The molecule has 0 bridgehead atoms. The fraction of sp³-hybridized carbons (Fsp3) is 0.800. The molecular weight excluding hydrogens is 285 g/mol. The Kier molecular flexibility index (Phi) is 4.38. The number of hydrogen-bond donors (Lipinski definition) is 0. The molecule has 0 aromatic rings. The van der Waals surface area contributed by atoms with E-state index in [0.717, 1.165) is 0 Å². The van der Waals surface area contributed by atoms with Crippen LogP contribution in [0.4, 0.5) is 30.7 Å². The molecule has 112 valence electrons. The summed E-state index contributed by atoms with van der Waals surface area (Å²) in [5.74, 6) is -2.71. The van der Waals surface area contributed by atoms with Crippen LogP contribution in [-0.4, -0.2) is 31.7 Å². The molecule has 1 rings (SSSR count). The van der Waals surface area contributed by atoms with E-state index in [1.165, 1.54) is 6.92 Å². The summed E-state index contributed by atoms with van der Waals surface area (Å²) < 4.78 is 95.0. The Morgan fingerprint density at radius 1 is 1.26 bits per heavy atom. The first-order valence-corrected chi connectivity index (χ1v) is 5.26. The van der Waals surface area contributed by atoms with Crippen molar-refractivity contribution in [1.82, 2.24) is 0 Å². The zero-order valence-corrected chi connectivity index (χ0v) is 9.74. The number of ether oxygens (including phenoxy) is 2. The van der Waals surface area contributed by atoms with Crippen LogP contribution in [0.15, 0.2) is 12.1 Å². The van der Waals surface area contributed by atoms with Crippen molar-refractivity contribution in [3.05, 3.63) is 12.1 Å². The van der Waals surface area contributed by atoms with Crippen molar-refractivity contribution < 1.29 is 40.2 Å². The third-order valence-corrected chi connectivity index (χ3v) is 2.92. The second-order valence-electron chi connectivity index (χ2n) is 4.23. The van der Waals surface area contributed by atoms with Crippen molar-refractivity contribution >= 4 is 0 Å². The Hall–Kier alpha value is -0.990. The predicted molar refractivity (Wildman–Crippen MR) is 49.7 cm³/mol. The van der Waals surface area contributed by atoms with Gasteiger partial charge in [0.2, 0.25) is 11.9 Å². The Balaban J connectivity index is 2.89. The van der Waals surface area contributed by atoms with E-state index in [4.69, 9.17) is 0 Å². The molecule has 2 nitrogen and oxygen atoms in total. The van der Waals surface area contributed by atoms with Gasteiger partial charge in [-0.1, -0.05) is 6.92 Å². The van der Waals surface area contributed by atoms with Gasteiger partial charge in [-0.3, -0.25) is 0 Å². The van der Waals surface area contributed by atoms with Gasteiger partial charge in [0.1, 0.15) is 6.26 Å². The van der Waals surface area contributed by atoms with Gasteiger partial charge >= 0.3 is 12.4 Å². The number of halogens is 7. The van der Waals surface area contributed by atoms with E-state index in [-0.39, 0.29) is 19.6 Å². The molecule has 1 aliphatic heterocycles. The van der Waals surface area contributed by atoms with Crippen LogP contribution in [0.3, 0.4) is 0 Å². The van der Waals surface area contributed by atoms with Gasteiger partial charge in [-0.25, -0.2) is 0 Å². The summed E-state index contributed by atoms with van der Waals surface area (Å²) in [6, 6.07) is 0. The molecule has 1 heterocycles. The van der Waals surface area contributed by atoms with Crippen molar-refractivity contribution in [3.63, 3.8) is 0 Å². The molecule has 19 heavy (non-hydrogen) atoms. The number of allylic oxidation sites excluding steroid dienone is 1. The average molecular weight is 296 g/mol. The van der Waals surface area contributed by atoms with Crippen molar-refractivity contribution in [3.8, 4) is 0 Å². The SMILES string of the molecule is CCC1(C(OC=C(F)C(F)(F)F)C(F)(F)F)COC1. The maximum atomic E-state index is 12.8. The van der Waals surface area contributed by atoms with Crippen LogP contribution in [-0.2, 0) is 9.47 Å². The molecule has 1 atom stereocenters. The molecule has 0 N–H and O–H groups in total. The summed E-state index contributed by atoms with van der Waals surface area (Å²) in [5, 5.41) is 0. The molecule has 0 aromatic heterocycles. The largest absolute Gasteiger partial charge is 0.485 e. The summed E-state index contributed by atoms with van der Waals surface area (Å²) in [6.45, 7) is 0.832. The summed E-state index contributed by atoms with van der Waals surface area (Å²) >= 11 is 0. The van der Waals surface area contributed by atoms with E-state index in [0.29, 0.717) is 0 Å². The van der Waals surface area contributed by atoms with Crippen LogP contribution in [0.2, 0.25) is 0 Å². The molecule has 1 unspecified atom stereocenters. The third-order valence-electron chi connectivity index (χ3n) is 2.92. The van der Waals surface area contributed by atoms with Gasteiger partial charge in [-0.15, -0.1) is 0 Å². The Morgan fingerprint density at radius 2 is 1.79 bits per heavy atom. The maximum absolute atomic E-state index is 12.8. The van der Waals surface area contributed by atoms with E-state index < -0.39 is 36.0 Å². The second kappa shape index (κ2) is 5.18. The third kappa shape index (κ3) is 3.52. The van der Waals surface area contributed by atoms with Gasteiger partial charge in [0.25, 0.3) is 0 Å². The van der Waals surface area contributed by atoms with Gasteiger partial charge in [0.15, 0.2) is 0 Å². The second-order valence-corrected chi connectivity index (χ2v) is 4.23. The molecule has 0 spiro atoms. The highest BCUT2D eigenvalue weighted by Gasteiger charge is 2.58. The summed E-state index contributed by atoms with van der Waals surface area (Å²) in [7, 11) is 0. The Labute approximate surface area is 104 Å². The summed E-state index contributed by atoms with van der Waals surface area (Å²) in [4.78, 5) is 0. The van der Waals surface area contributed by atoms with Gasteiger partial charge in [-0.2, -0.15) is 30.7 Å². The van der Waals surface area contributed by atoms with Gasteiger partial charge in [-0.05, 0) is 6.42 Å². The first kappa shape index (κ1) is 16.1. The zero-order chi connectivity index (χ0) is 14.9. The smallest absolute Gasteiger partial charge is 0.446 e. The van der Waals surface area contributed by atoms with Gasteiger partial charge in [0.05, 0.1) is 18.6 Å². The lowest BCUT2D eigenvalue weighted by atomic mass is 9.77. The lowest BCUT2D eigenvalue weighted by molar-refractivity contribution is -0.287. The van der Waals surface area contributed by atoms with Gasteiger partial charge < -0.3 is 9.47 Å². The topological polar surface area (TPSA) is 18.5 Å². The maximum Gasteiger partial charge on any atom is 0.446 e. The average Bonchev–Trinajstić information content (AvgIpc) is 2.17. The molecular formula is C10H11F7O2. The molecule has 0 amide bonds. The standard InChI is InChI=1S/C10H11F7O2/c1-2-8(4-18-5-8)7(10(15,16)17)19-3-6(11)9(12,13)14/h3,7H,2,4-5H2,1H3. The van der Waals surface area contributed by atoms with Crippen molar-refractivity contribution in [2.24, 2.45) is 5.41 Å².